The van der Waals surface area contributed by atoms with Crippen molar-refractivity contribution in [3.05, 3.63) is 0 Å². The summed E-state index contributed by atoms with van der Waals surface area (Å²) in [6.45, 7) is 4.42. The van der Waals surface area contributed by atoms with Crippen molar-refractivity contribution < 1.29 is 31.5 Å². The minimum atomic E-state index is -5.08. The molecule has 0 saturated carbocycles. The molecule has 2 atom stereocenters. The molecule has 0 aromatic rings. The smallest absolute Gasteiger partial charge is 0.475 e. The van der Waals surface area contributed by atoms with Gasteiger partial charge in [0.05, 0.1) is 6.04 Å². The molecular weight excluding hydrogens is 315 g/mol. The van der Waals surface area contributed by atoms with Gasteiger partial charge in [-0.3, -0.25) is 10.2 Å². The maximum absolute atomic E-state index is 11.5. The number of hydrogen-bond acceptors (Lipinski definition) is 6. The van der Waals surface area contributed by atoms with Crippen molar-refractivity contribution in [3.8, 4) is 0 Å². The van der Waals surface area contributed by atoms with Crippen LogP contribution in [-0.4, -0.2) is 81.0 Å². The van der Waals surface area contributed by atoms with Gasteiger partial charge < -0.3 is 10.4 Å². The molecule has 2 aliphatic rings. The Morgan fingerprint density at radius 3 is 2.29 bits per heavy atom. The van der Waals surface area contributed by atoms with Gasteiger partial charge in [-0.1, -0.05) is 0 Å². The van der Waals surface area contributed by atoms with Crippen molar-refractivity contribution in [2.75, 3.05) is 39.0 Å². The predicted molar refractivity (Wildman–Crippen MR) is 68.6 cm³/mol. The summed E-state index contributed by atoms with van der Waals surface area (Å²) >= 11 is 0. The number of piperazine rings is 2. The Kier molecular flexibility index (Phi) is 5.96. The van der Waals surface area contributed by atoms with Gasteiger partial charge in [-0.25, -0.2) is 13.2 Å². The Hall–Kier alpha value is -0.910. The van der Waals surface area contributed by atoms with E-state index in [4.69, 9.17) is 9.90 Å². The number of halogens is 3. The molecule has 11 heteroatoms. The van der Waals surface area contributed by atoms with Crippen molar-refractivity contribution in [1.29, 1.82) is 0 Å². The summed E-state index contributed by atoms with van der Waals surface area (Å²) in [5, 5.41) is 13.1. The zero-order valence-corrected chi connectivity index (χ0v) is 12.2. The molecule has 0 aromatic carbocycles. The summed E-state index contributed by atoms with van der Waals surface area (Å²) in [6.07, 6.45) is -3.78. The van der Waals surface area contributed by atoms with Crippen LogP contribution in [0.5, 0.6) is 0 Å². The van der Waals surface area contributed by atoms with E-state index in [-0.39, 0.29) is 6.04 Å². The topological polar surface area (TPSA) is 98.7 Å². The number of sulfone groups is 1. The molecule has 0 spiro atoms. The van der Waals surface area contributed by atoms with E-state index in [1.54, 1.807) is 0 Å². The number of fused-ring (bicyclic) bond motifs is 1. The van der Waals surface area contributed by atoms with E-state index < -0.39 is 27.4 Å². The standard InChI is InChI=1S/C8H17N3O2S.C2HF3O2/c1-14(12,13)8-7-6-9-2-4-11(7)5-3-10-8;3-2(4,5)1(6)7/h7-10H,2-6H2,1H3;(H,6,7). The lowest BCUT2D eigenvalue weighted by Gasteiger charge is -2.43. The molecule has 21 heavy (non-hydrogen) atoms. The molecule has 0 aromatic heterocycles. The first-order chi connectivity index (χ1) is 9.53. The second kappa shape index (κ2) is 6.90. The van der Waals surface area contributed by atoms with Crippen LogP contribution >= 0.6 is 0 Å². The first-order valence-corrected chi connectivity index (χ1v) is 8.16. The Bertz CT molecular complexity index is 467. The zero-order chi connectivity index (χ0) is 16.3. The van der Waals surface area contributed by atoms with Gasteiger partial charge in [-0.05, 0) is 0 Å². The van der Waals surface area contributed by atoms with Crippen LogP contribution < -0.4 is 10.6 Å². The van der Waals surface area contributed by atoms with Crippen LogP contribution in [0.1, 0.15) is 0 Å². The van der Waals surface area contributed by atoms with Crippen molar-refractivity contribution >= 4 is 15.8 Å². The van der Waals surface area contributed by atoms with E-state index in [1.807, 2.05) is 0 Å². The molecule has 0 amide bonds. The fourth-order valence-electron chi connectivity index (χ4n) is 2.27. The van der Waals surface area contributed by atoms with Crippen molar-refractivity contribution in [2.45, 2.75) is 17.6 Å². The van der Waals surface area contributed by atoms with Gasteiger partial charge in [0.1, 0.15) is 5.37 Å². The largest absolute Gasteiger partial charge is 0.490 e. The third-order valence-corrected chi connectivity index (χ3v) is 4.60. The van der Waals surface area contributed by atoms with Gasteiger partial charge in [0, 0.05) is 39.0 Å². The fraction of sp³-hybridized carbons (Fsp3) is 0.900. The third-order valence-electron chi connectivity index (χ3n) is 3.20. The lowest BCUT2D eigenvalue weighted by Crippen LogP contribution is -2.66. The summed E-state index contributed by atoms with van der Waals surface area (Å²) in [7, 11) is -2.99. The average Bonchev–Trinajstić information content (AvgIpc) is 2.36. The Balaban J connectivity index is 0.000000270. The molecule has 0 radical (unpaired) electrons. The Labute approximate surface area is 120 Å². The first-order valence-electron chi connectivity index (χ1n) is 6.20. The maximum Gasteiger partial charge on any atom is 0.490 e. The highest BCUT2D eigenvalue weighted by Crippen LogP contribution is 2.15. The molecular formula is C10H18F3N3O4S. The van der Waals surface area contributed by atoms with Crippen molar-refractivity contribution in [2.24, 2.45) is 0 Å². The second-order valence-electron chi connectivity index (χ2n) is 4.81. The van der Waals surface area contributed by atoms with E-state index >= 15 is 0 Å². The molecule has 3 N–H and O–H groups in total. The van der Waals surface area contributed by atoms with Crippen LogP contribution in [0.15, 0.2) is 0 Å². The highest BCUT2D eigenvalue weighted by molar-refractivity contribution is 7.91. The van der Waals surface area contributed by atoms with Gasteiger partial charge in [-0.15, -0.1) is 0 Å². The van der Waals surface area contributed by atoms with E-state index in [2.05, 4.69) is 15.5 Å². The lowest BCUT2D eigenvalue weighted by atomic mass is 10.1. The summed E-state index contributed by atoms with van der Waals surface area (Å²) < 4.78 is 54.8. The van der Waals surface area contributed by atoms with Gasteiger partial charge >= 0.3 is 12.1 Å². The van der Waals surface area contributed by atoms with Crippen LogP contribution in [0.3, 0.4) is 0 Å². The monoisotopic (exact) mass is 333 g/mol. The maximum atomic E-state index is 11.5. The van der Waals surface area contributed by atoms with Crippen molar-refractivity contribution in [3.63, 3.8) is 0 Å². The minimum absolute atomic E-state index is 0.104. The highest BCUT2D eigenvalue weighted by Gasteiger charge is 2.39. The molecule has 2 unspecified atom stereocenters. The highest BCUT2D eigenvalue weighted by atomic mass is 32.2. The summed E-state index contributed by atoms with van der Waals surface area (Å²) in [5.41, 5.74) is 0. The molecule has 2 heterocycles. The van der Waals surface area contributed by atoms with Crippen LogP contribution in [-0.2, 0) is 14.6 Å². The SMILES string of the molecule is CS(=O)(=O)C1NCCN2CCNCC12.O=C(O)C(F)(F)F. The molecule has 2 fully saturated rings. The first kappa shape index (κ1) is 18.1. The van der Waals surface area contributed by atoms with Crippen molar-refractivity contribution in [1.82, 2.24) is 15.5 Å². The van der Waals surface area contributed by atoms with E-state index in [0.717, 1.165) is 32.7 Å². The minimum Gasteiger partial charge on any atom is -0.475 e. The van der Waals surface area contributed by atoms with Gasteiger partial charge in [-0.2, -0.15) is 13.2 Å². The van der Waals surface area contributed by atoms with E-state index in [0.29, 0.717) is 0 Å². The third kappa shape index (κ3) is 5.41. The molecule has 2 aliphatic heterocycles. The number of alkyl halides is 3. The molecule has 2 rings (SSSR count). The van der Waals surface area contributed by atoms with E-state index in [1.165, 1.54) is 6.26 Å². The number of carboxylic acid groups (broad SMARTS) is 1. The number of rotatable bonds is 1. The molecule has 124 valence electrons. The van der Waals surface area contributed by atoms with Crippen LogP contribution in [0, 0.1) is 0 Å². The summed E-state index contributed by atoms with van der Waals surface area (Å²) in [4.78, 5) is 11.2. The van der Waals surface area contributed by atoms with Gasteiger partial charge in [0.15, 0.2) is 9.84 Å². The summed E-state index contributed by atoms with van der Waals surface area (Å²) in [6, 6.07) is 0.104. The zero-order valence-electron chi connectivity index (χ0n) is 11.4. The molecule has 0 bridgehead atoms. The lowest BCUT2D eigenvalue weighted by molar-refractivity contribution is -0.192. The number of hydrogen-bond donors (Lipinski definition) is 3. The molecule has 0 aliphatic carbocycles. The molecule has 2 saturated heterocycles. The normalized spacial score (nSPS) is 27.2. The van der Waals surface area contributed by atoms with Gasteiger partial charge in [0.2, 0.25) is 0 Å². The van der Waals surface area contributed by atoms with Crippen LogP contribution in [0.2, 0.25) is 0 Å². The Morgan fingerprint density at radius 2 is 1.81 bits per heavy atom. The number of nitrogens with zero attached hydrogens (tertiary/aromatic N) is 1. The summed E-state index contributed by atoms with van der Waals surface area (Å²) in [5.74, 6) is -2.76. The quantitative estimate of drug-likeness (QED) is 0.558. The number of aliphatic carboxylic acids is 1. The van der Waals surface area contributed by atoms with Gasteiger partial charge in [0.25, 0.3) is 0 Å². The number of nitrogens with one attached hydrogen (secondary N) is 2. The molecule has 7 nitrogen and oxygen atoms in total. The number of carbonyl (C=O) groups is 1. The van der Waals surface area contributed by atoms with Crippen LogP contribution in [0.25, 0.3) is 0 Å². The average molecular weight is 333 g/mol. The number of carboxylic acids is 1. The predicted octanol–water partition coefficient (Wildman–Crippen LogP) is -1.13. The van der Waals surface area contributed by atoms with E-state index in [9.17, 15) is 21.6 Å². The second-order valence-corrected chi connectivity index (χ2v) is 6.98. The fourth-order valence-corrected chi connectivity index (χ4v) is 3.53. The Morgan fingerprint density at radius 1 is 1.29 bits per heavy atom. The van der Waals surface area contributed by atoms with Crippen LogP contribution in [0.4, 0.5) is 13.2 Å².